The predicted octanol–water partition coefficient (Wildman–Crippen LogP) is 2.96. The molecule has 37 heavy (non-hydrogen) atoms. The number of nitrogens with zero attached hydrogens (tertiary/aromatic N) is 5. The molecule has 0 radical (unpaired) electrons. The molecular weight excluding hydrogens is 486 g/mol. The number of hydrogen-bond acceptors (Lipinski definition) is 7. The number of para-hydroxylation sites is 1. The van der Waals surface area contributed by atoms with Crippen LogP contribution in [0.2, 0.25) is 0 Å². The Balaban J connectivity index is 1.32. The molecule has 9 heteroatoms. The van der Waals surface area contributed by atoms with E-state index >= 15 is 0 Å². The van der Waals surface area contributed by atoms with E-state index in [-0.39, 0.29) is 5.78 Å². The molecule has 0 atom stereocenters. The smallest absolute Gasteiger partial charge is 0.211 e. The zero-order valence-electron chi connectivity index (χ0n) is 21.4. The minimum atomic E-state index is -3.16. The van der Waals surface area contributed by atoms with Crippen molar-refractivity contribution in [1.82, 2.24) is 14.2 Å². The van der Waals surface area contributed by atoms with Crippen LogP contribution in [0.25, 0.3) is 17.0 Å². The Hall–Kier alpha value is -3.27. The van der Waals surface area contributed by atoms with E-state index in [1.807, 2.05) is 54.6 Å². The van der Waals surface area contributed by atoms with E-state index < -0.39 is 10.0 Å². The first-order valence-corrected chi connectivity index (χ1v) is 14.5. The molecule has 1 aromatic heterocycles. The van der Waals surface area contributed by atoms with Crippen LogP contribution in [0.5, 0.6) is 0 Å². The van der Waals surface area contributed by atoms with Gasteiger partial charge in [-0.2, -0.15) is 4.31 Å². The fourth-order valence-electron chi connectivity index (χ4n) is 4.89. The van der Waals surface area contributed by atoms with Gasteiger partial charge in [0.05, 0.1) is 11.8 Å². The van der Waals surface area contributed by atoms with Crippen molar-refractivity contribution in [3.63, 3.8) is 0 Å². The molecular formula is C28H33N5O3S. The highest BCUT2D eigenvalue weighted by Gasteiger charge is 2.23. The number of likely N-dealkylation sites (N-methyl/N-ethyl adjacent to an activating group) is 1. The Morgan fingerprint density at radius 3 is 2.19 bits per heavy atom. The molecule has 2 fully saturated rings. The monoisotopic (exact) mass is 519 g/mol. The molecule has 8 nitrogen and oxygen atoms in total. The largest absolute Gasteiger partial charge is 0.369 e. The average Bonchev–Trinajstić information content (AvgIpc) is 2.91. The van der Waals surface area contributed by atoms with Crippen molar-refractivity contribution in [1.29, 1.82) is 0 Å². The van der Waals surface area contributed by atoms with Crippen molar-refractivity contribution in [3.05, 3.63) is 71.8 Å². The summed E-state index contributed by atoms with van der Waals surface area (Å²) < 4.78 is 25.0. The van der Waals surface area contributed by atoms with Crippen molar-refractivity contribution < 1.29 is 13.2 Å². The molecule has 0 spiro atoms. The van der Waals surface area contributed by atoms with Crippen LogP contribution in [-0.2, 0) is 10.0 Å². The number of ketones is 1. The molecule has 3 heterocycles. The van der Waals surface area contributed by atoms with Crippen LogP contribution in [0, 0.1) is 0 Å². The number of hydrogen-bond donors (Lipinski definition) is 0. The SMILES string of the molecule is CN1CCN(c2nc3ccccc3cc2/C=C/C(=O)c2ccc(N3CCN(S(C)(=O)=O)CC3)cc2)CC1. The van der Waals surface area contributed by atoms with Gasteiger partial charge in [-0.1, -0.05) is 18.2 Å². The van der Waals surface area contributed by atoms with E-state index in [1.54, 1.807) is 6.08 Å². The van der Waals surface area contributed by atoms with Gasteiger partial charge >= 0.3 is 0 Å². The van der Waals surface area contributed by atoms with E-state index in [0.717, 1.165) is 54.2 Å². The summed E-state index contributed by atoms with van der Waals surface area (Å²) in [5, 5.41) is 1.05. The number of aromatic nitrogens is 1. The Bertz CT molecular complexity index is 1410. The summed E-state index contributed by atoms with van der Waals surface area (Å²) in [7, 11) is -1.03. The average molecular weight is 520 g/mol. The van der Waals surface area contributed by atoms with Crippen LogP contribution in [0.15, 0.2) is 60.7 Å². The molecule has 0 saturated carbocycles. The highest BCUT2D eigenvalue weighted by molar-refractivity contribution is 7.88. The third-order valence-corrected chi connectivity index (χ3v) is 8.48. The number of pyridine rings is 1. The lowest BCUT2D eigenvalue weighted by molar-refractivity contribution is 0.104. The summed E-state index contributed by atoms with van der Waals surface area (Å²) in [6, 6.07) is 17.7. The number of carbonyl (C=O) groups is 1. The third-order valence-electron chi connectivity index (χ3n) is 7.17. The first-order valence-electron chi connectivity index (χ1n) is 12.6. The van der Waals surface area contributed by atoms with Crippen LogP contribution in [0.4, 0.5) is 11.5 Å². The Morgan fingerprint density at radius 2 is 1.51 bits per heavy atom. The maximum Gasteiger partial charge on any atom is 0.211 e. The summed E-state index contributed by atoms with van der Waals surface area (Å²) in [5.41, 5.74) is 3.50. The van der Waals surface area contributed by atoms with Gasteiger partial charge in [0.2, 0.25) is 10.0 Å². The summed E-state index contributed by atoms with van der Waals surface area (Å²) in [4.78, 5) is 24.8. The topological polar surface area (TPSA) is 77.1 Å². The van der Waals surface area contributed by atoms with Crippen LogP contribution >= 0.6 is 0 Å². The van der Waals surface area contributed by atoms with Gasteiger partial charge in [0.1, 0.15) is 5.82 Å². The first kappa shape index (κ1) is 25.4. The number of rotatable bonds is 6. The van der Waals surface area contributed by atoms with Gasteiger partial charge in [-0.05, 0) is 55.6 Å². The van der Waals surface area contributed by atoms with E-state index in [1.165, 1.54) is 10.6 Å². The van der Waals surface area contributed by atoms with E-state index in [4.69, 9.17) is 4.98 Å². The predicted molar refractivity (Wildman–Crippen MR) is 150 cm³/mol. The van der Waals surface area contributed by atoms with Crippen LogP contribution in [0.1, 0.15) is 15.9 Å². The fraction of sp³-hybridized carbons (Fsp3) is 0.357. The number of sulfonamides is 1. The lowest BCUT2D eigenvalue weighted by Gasteiger charge is -2.34. The second-order valence-corrected chi connectivity index (χ2v) is 11.8. The standard InChI is InChI=1S/C28H33N5O3S/c1-30-13-15-32(16-14-30)28-24(21-23-5-3-4-6-26(23)29-28)9-12-27(34)22-7-10-25(11-8-22)31-17-19-33(20-18-31)37(2,35)36/h3-12,21H,13-20H2,1-2H3/b12-9+. The number of fused-ring (bicyclic) bond motifs is 1. The fourth-order valence-corrected chi connectivity index (χ4v) is 5.72. The number of allylic oxidation sites excluding steroid dienone is 1. The van der Waals surface area contributed by atoms with Crippen molar-refractivity contribution in [2.75, 3.05) is 75.5 Å². The van der Waals surface area contributed by atoms with E-state index in [2.05, 4.69) is 27.8 Å². The summed E-state index contributed by atoms with van der Waals surface area (Å²) in [6.07, 6.45) is 4.76. The maximum atomic E-state index is 13.0. The third kappa shape index (κ3) is 5.84. The molecule has 5 rings (SSSR count). The lowest BCUT2D eigenvalue weighted by atomic mass is 10.1. The van der Waals surface area contributed by atoms with Gasteiger partial charge in [-0.15, -0.1) is 0 Å². The Kier molecular flexibility index (Phi) is 7.28. The second-order valence-electron chi connectivity index (χ2n) is 9.78. The summed E-state index contributed by atoms with van der Waals surface area (Å²) in [5.74, 6) is 0.852. The molecule has 2 aliphatic rings. The highest BCUT2D eigenvalue weighted by Crippen LogP contribution is 2.26. The molecule has 3 aromatic rings. The molecule has 0 unspecified atom stereocenters. The summed E-state index contributed by atoms with van der Waals surface area (Å²) in [6.45, 7) is 5.95. The molecule has 194 valence electrons. The van der Waals surface area contributed by atoms with Crippen LogP contribution in [0.3, 0.4) is 0 Å². The normalized spacial score (nSPS) is 18.1. The van der Waals surface area contributed by atoms with Crippen molar-refractivity contribution in [2.24, 2.45) is 0 Å². The summed E-state index contributed by atoms with van der Waals surface area (Å²) >= 11 is 0. The molecule has 2 aromatic carbocycles. The minimum Gasteiger partial charge on any atom is -0.369 e. The molecule has 0 amide bonds. The minimum absolute atomic E-state index is 0.0640. The first-order chi connectivity index (χ1) is 17.8. The molecule has 0 N–H and O–H groups in total. The Labute approximate surface area is 218 Å². The van der Waals surface area contributed by atoms with E-state index in [0.29, 0.717) is 31.7 Å². The molecule has 0 bridgehead atoms. The van der Waals surface area contributed by atoms with Gasteiger partial charge in [0, 0.05) is 74.6 Å². The van der Waals surface area contributed by atoms with Gasteiger partial charge in [0.25, 0.3) is 0 Å². The maximum absolute atomic E-state index is 13.0. The molecule has 2 aliphatic heterocycles. The van der Waals surface area contributed by atoms with Gasteiger partial charge in [0.15, 0.2) is 5.78 Å². The number of carbonyl (C=O) groups excluding carboxylic acids is 1. The quantitative estimate of drug-likeness (QED) is 0.366. The zero-order valence-corrected chi connectivity index (χ0v) is 22.2. The molecule has 2 saturated heterocycles. The zero-order chi connectivity index (χ0) is 26.0. The van der Waals surface area contributed by atoms with Crippen molar-refractivity contribution >= 4 is 44.3 Å². The lowest BCUT2D eigenvalue weighted by Crippen LogP contribution is -2.48. The van der Waals surface area contributed by atoms with Crippen molar-refractivity contribution in [2.45, 2.75) is 0 Å². The number of piperazine rings is 2. The molecule has 0 aliphatic carbocycles. The second kappa shape index (κ2) is 10.6. The van der Waals surface area contributed by atoms with E-state index in [9.17, 15) is 13.2 Å². The highest BCUT2D eigenvalue weighted by atomic mass is 32.2. The van der Waals surface area contributed by atoms with Gasteiger partial charge in [-0.25, -0.2) is 13.4 Å². The van der Waals surface area contributed by atoms with Gasteiger partial charge in [-0.3, -0.25) is 4.79 Å². The van der Waals surface area contributed by atoms with Crippen molar-refractivity contribution in [3.8, 4) is 0 Å². The number of benzene rings is 2. The number of anilines is 2. The Morgan fingerprint density at radius 1 is 0.865 bits per heavy atom. The van der Waals surface area contributed by atoms with Gasteiger partial charge < -0.3 is 14.7 Å². The van der Waals surface area contributed by atoms with Crippen LogP contribution in [-0.4, -0.2) is 94.1 Å². The van der Waals surface area contributed by atoms with Crippen LogP contribution < -0.4 is 9.80 Å².